The molecule has 1 heterocycles. The first-order valence-electron chi connectivity index (χ1n) is 12.4. The molecule has 2 aromatic rings. The normalized spacial score (nSPS) is 22.4. The second-order valence-corrected chi connectivity index (χ2v) is 6.35. The summed E-state index contributed by atoms with van der Waals surface area (Å²) in [6, 6.07) is 17.2. The molecule has 1 atom stereocenters. The SMILES string of the molecule is Cl.Cl.[2H]C([2H])(O)C([2H])([2H])OC([2H])([2H])C([2H])([2H])N1CCN([C@H](c2ccccc2)c2ccc(Cl)cc2)CC1. The third kappa shape index (κ3) is 7.20. The summed E-state index contributed by atoms with van der Waals surface area (Å²) in [7, 11) is 0. The molecule has 0 saturated carbocycles. The molecular formula is C21H29Cl3N2O2. The predicted octanol–water partition coefficient (Wildman–Crippen LogP) is 3.90. The van der Waals surface area contributed by atoms with Gasteiger partial charge < -0.3 is 9.84 Å². The standard InChI is InChI=1S/C21H27ClN2O2.2ClH/c22-20-8-6-19(7-9-20)21(18-4-2-1-3-5-18)24-12-10-23(11-13-24)14-16-26-17-15-25;;/h1-9,21,25H,10-17H2;2*1H/t21-;;/m1../s1/i14D2,15D2,16D2,17D2;;. The lowest BCUT2D eigenvalue weighted by Gasteiger charge is -2.39. The average molecular weight is 456 g/mol. The maximum absolute atomic E-state index is 9.33. The Kier molecular flexibility index (Phi) is 7.18. The molecule has 2 aromatic carbocycles. The first kappa shape index (κ1) is 15.0. The van der Waals surface area contributed by atoms with Gasteiger partial charge in [-0.05, 0) is 23.3 Å². The fourth-order valence-electron chi connectivity index (χ4n) is 3.12. The van der Waals surface area contributed by atoms with Crippen LogP contribution in [0.1, 0.15) is 28.1 Å². The quantitative estimate of drug-likeness (QED) is 0.655. The number of rotatable bonds is 8. The van der Waals surface area contributed by atoms with Crippen molar-refractivity contribution in [2.45, 2.75) is 6.04 Å². The Morgan fingerprint density at radius 3 is 2.14 bits per heavy atom. The third-order valence-corrected chi connectivity index (χ3v) is 4.58. The molecular weight excluding hydrogens is 419 g/mol. The molecule has 4 nitrogen and oxygen atoms in total. The van der Waals surface area contributed by atoms with Crippen molar-refractivity contribution >= 4 is 36.4 Å². The van der Waals surface area contributed by atoms with Crippen LogP contribution in [0.3, 0.4) is 0 Å². The molecule has 28 heavy (non-hydrogen) atoms. The van der Waals surface area contributed by atoms with Crippen LogP contribution in [-0.2, 0) is 4.74 Å². The van der Waals surface area contributed by atoms with E-state index in [1.807, 2.05) is 42.5 Å². The molecule has 1 aliphatic heterocycles. The van der Waals surface area contributed by atoms with Gasteiger partial charge in [0.1, 0.15) is 0 Å². The first-order valence-corrected chi connectivity index (χ1v) is 8.75. The number of aliphatic hydroxyl groups is 1. The minimum absolute atomic E-state index is 0. The summed E-state index contributed by atoms with van der Waals surface area (Å²) in [5.41, 5.74) is 2.04. The summed E-state index contributed by atoms with van der Waals surface area (Å²) < 4.78 is 66.4. The summed E-state index contributed by atoms with van der Waals surface area (Å²) in [5.74, 6) is 0. The van der Waals surface area contributed by atoms with Gasteiger partial charge >= 0.3 is 0 Å². The van der Waals surface area contributed by atoms with Crippen molar-refractivity contribution < 1.29 is 20.8 Å². The lowest BCUT2D eigenvalue weighted by molar-refractivity contribution is 0.0522. The third-order valence-electron chi connectivity index (χ3n) is 4.33. The monoisotopic (exact) mass is 454 g/mol. The number of piperazine rings is 1. The number of halogens is 3. The Morgan fingerprint density at radius 2 is 1.54 bits per heavy atom. The summed E-state index contributed by atoms with van der Waals surface area (Å²) in [5, 5.41) is 9.94. The van der Waals surface area contributed by atoms with E-state index >= 15 is 0 Å². The summed E-state index contributed by atoms with van der Waals surface area (Å²) in [6.07, 6.45) is 0. The predicted molar refractivity (Wildman–Crippen MR) is 120 cm³/mol. The molecule has 0 aliphatic carbocycles. The van der Waals surface area contributed by atoms with Gasteiger partial charge in [0, 0.05) is 40.4 Å². The van der Waals surface area contributed by atoms with Crippen molar-refractivity contribution in [1.82, 2.24) is 9.80 Å². The van der Waals surface area contributed by atoms with Crippen molar-refractivity contribution in [3.05, 3.63) is 70.7 Å². The molecule has 0 aromatic heterocycles. The van der Waals surface area contributed by atoms with E-state index in [1.54, 1.807) is 12.1 Å². The Hall–Kier alpha value is -0.850. The molecule has 0 radical (unpaired) electrons. The zero-order valence-corrected chi connectivity index (χ0v) is 17.4. The van der Waals surface area contributed by atoms with Gasteiger partial charge in [-0.1, -0.05) is 54.1 Å². The topological polar surface area (TPSA) is 35.9 Å². The highest BCUT2D eigenvalue weighted by Gasteiger charge is 2.26. The van der Waals surface area contributed by atoms with Crippen LogP contribution in [0.4, 0.5) is 0 Å². The molecule has 0 amide bonds. The molecule has 156 valence electrons. The van der Waals surface area contributed by atoms with Crippen molar-refractivity contribution in [2.75, 3.05) is 52.4 Å². The molecule has 0 bridgehead atoms. The van der Waals surface area contributed by atoms with Gasteiger partial charge in [0.15, 0.2) is 0 Å². The van der Waals surface area contributed by atoms with Gasteiger partial charge in [-0.25, -0.2) is 0 Å². The zero-order chi connectivity index (χ0) is 25.4. The number of nitrogens with zero attached hydrogens (tertiary/aromatic N) is 2. The van der Waals surface area contributed by atoms with Crippen molar-refractivity contribution in [3.63, 3.8) is 0 Å². The van der Waals surface area contributed by atoms with E-state index < -0.39 is 26.2 Å². The number of hydrogen-bond acceptors (Lipinski definition) is 4. The highest BCUT2D eigenvalue weighted by molar-refractivity contribution is 6.30. The van der Waals surface area contributed by atoms with Crippen molar-refractivity contribution in [3.8, 4) is 0 Å². The van der Waals surface area contributed by atoms with Crippen LogP contribution in [0.2, 0.25) is 5.02 Å². The van der Waals surface area contributed by atoms with E-state index in [2.05, 4.69) is 9.64 Å². The number of benzene rings is 2. The van der Waals surface area contributed by atoms with Crippen LogP contribution in [0, 0.1) is 0 Å². The highest BCUT2D eigenvalue weighted by atomic mass is 35.5. The van der Waals surface area contributed by atoms with Crippen molar-refractivity contribution in [2.24, 2.45) is 0 Å². The van der Waals surface area contributed by atoms with E-state index in [1.165, 1.54) is 4.90 Å². The van der Waals surface area contributed by atoms with Gasteiger partial charge in [-0.2, -0.15) is 0 Å². The molecule has 1 saturated heterocycles. The van der Waals surface area contributed by atoms with Crippen LogP contribution >= 0.6 is 36.4 Å². The second kappa shape index (κ2) is 13.4. The smallest absolute Gasteiger partial charge is 0.0698 e. The Labute approximate surface area is 196 Å². The fraction of sp³-hybridized carbons (Fsp3) is 0.429. The average Bonchev–Trinajstić information content (AvgIpc) is 2.75. The lowest BCUT2D eigenvalue weighted by Crippen LogP contribution is -2.48. The van der Waals surface area contributed by atoms with Crippen LogP contribution in [0.25, 0.3) is 0 Å². The van der Waals surface area contributed by atoms with Crippen LogP contribution in [-0.4, -0.2) is 67.3 Å². The van der Waals surface area contributed by atoms with Gasteiger partial charge in [0.25, 0.3) is 0 Å². The Morgan fingerprint density at radius 1 is 0.929 bits per heavy atom. The maximum Gasteiger partial charge on any atom is 0.0698 e. The lowest BCUT2D eigenvalue weighted by atomic mass is 9.96. The minimum Gasteiger partial charge on any atom is -0.394 e. The molecule has 1 aliphatic rings. The Balaban J connectivity index is 0.00000324. The molecule has 1 N–H and O–H groups in total. The maximum atomic E-state index is 9.33. The Bertz CT molecular complexity index is 958. The zero-order valence-electron chi connectivity index (χ0n) is 23.0. The van der Waals surface area contributed by atoms with Crippen LogP contribution in [0.5, 0.6) is 0 Å². The van der Waals surface area contributed by atoms with Gasteiger partial charge in [0.2, 0.25) is 0 Å². The van der Waals surface area contributed by atoms with E-state index in [-0.39, 0.29) is 43.9 Å². The molecule has 0 unspecified atom stereocenters. The second-order valence-electron chi connectivity index (χ2n) is 5.92. The summed E-state index contributed by atoms with van der Waals surface area (Å²) >= 11 is 6.06. The van der Waals surface area contributed by atoms with E-state index in [0.29, 0.717) is 18.1 Å². The summed E-state index contributed by atoms with van der Waals surface area (Å²) in [4.78, 5) is 3.35. The van der Waals surface area contributed by atoms with E-state index in [4.69, 9.17) is 22.6 Å². The number of hydrogen-bond donors (Lipinski definition) is 1. The molecule has 3 rings (SSSR count). The van der Waals surface area contributed by atoms with E-state index in [0.717, 1.165) is 11.1 Å². The minimum atomic E-state index is -3.52. The molecule has 0 spiro atoms. The van der Waals surface area contributed by atoms with Gasteiger partial charge in [-0.15, -0.1) is 24.8 Å². The molecule has 1 fully saturated rings. The highest BCUT2D eigenvalue weighted by Crippen LogP contribution is 2.30. The number of ether oxygens (including phenoxy) is 1. The molecule has 7 heteroatoms. The fourth-order valence-corrected chi connectivity index (χ4v) is 3.25. The van der Waals surface area contributed by atoms with E-state index in [9.17, 15) is 5.11 Å². The first-order chi connectivity index (χ1) is 15.7. The summed E-state index contributed by atoms with van der Waals surface area (Å²) in [6.45, 7) is -12.0. The van der Waals surface area contributed by atoms with Gasteiger partial charge in [0.05, 0.1) is 33.9 Å². The largest absolute Gasteiger partial charge is 0.394 e. The van der Waals surface area contributed by atoms with Crippen LogP contribution < -0.4 is 0 Å². The van der Waals surface area contributed by atoms with Crippen LogP contribution in [0.15, 0.2) is 54.6 Å². The van der Waals surface area contributed by atoms with Crippen molar-refractivity contribution in [1.29, 1.82) is 0 Å². The van der Waals surface area contributed by atoms with Gasteiger partial charge in [-0.3, -0.25) is 9.80 Å².